The molecule has 1 saturated heterocycles. The van der Waals surface area contributed by atoms with Crippen LogP contribution in [0, 0.1) is 5.41 Å². The van der Waals surface area contributed by atoms with Gasteiger partial charge in [0.05, 0.1) is 6.04 Å². The summed E-state index contributed by atoms with van der Waals surface area (Å²) in [4.78, 5) is 14.4. The molecule has 1 aliphatic heterocycles. The van der Waals surface area contributed by atoms with E-state index in [9.17, 15) is 4.79 Å². The molecule has 1 rings (SSSR count). The molecule has 0 aromatic rings. The number of hydrogen-bond donors (Lipinski definition) is 2. The summed E-state index contributed by atoms with van der Waals surface area (Å²) in [6.45, 7) is 11.2. The molecule has 2 N–H and O–H groups in total. The van der Waals surface area contributed by atoms with Crippen molar-refractivity contribution in [1.82, 2.24) is 15.5 Å². The van der Waals surface area contributed by atoms with E-state index in [0.29, 0.717) is 6.04 Å². The monoisotopic (exact) mass is 291 g/mol. The zero-order valence-electron chi connectivity index (χ0n) is 13.0. The number of piperidine rings is 1. The van der Waals surface area contributed by atoms with Crippen LogP contribution in [-0.2, 0) is 4.79 Å². The number of hydrogen-bond acceptors (Lipinski definition) is 3. The molecule has 0 aromatic carbocycles. The molecule has 0 spiro atoms. The van der Waals surface area contributed by atoms with Crippen LogP contribution in [0.5, 0.6) is 0 Å². The average molecular weight is 292 g/mol. The lowest BCUT2D eigenvalue weighted by Crippen LogP contribution is -2.56. The second kappa shape index (κ2) is 8.08. The van der Waals surface area contributed by atoms with Crippen LogP contribution in [0.25, 0.3) is 0 Å². The minimum absolute atomic E-state index is 0. The lowest BCUT2D eigenvalue weighted by Gasteiger charge is -2.38. The Balaban J connectivity index is 0.00000324. The maximum atomic E-state index is 12.2. The Morgan fingerprint density at radius 1 is 1.47 bits per heavy atom. The van der Waals surface area contributed by atoms with Gasteiger partial charge in [0.25, 0.3) is 0 Å². The molecule has 1 fully saturated rings. The van der Waals surface area contributed by atoms with Crippen LogP contribution in [0.15, 0.2) is 0 Å². The van der Waals surface area contributed by atoms with Gasteiger partial charge in [-0.25, -0.2) is 0 Å². The van der Waals surface area contributed by atoms with Gasteiger partial charge in [0, 0.05) is 19.1 Å². The highest BCUT2D eigenvalue weighted by molar-refractivity contribution is 5.85. The Bertz CT molecular complexity index is 282. The normalized spacial score (nSPS) is 22.2. The van der Waals surface area contributed by atoms with Crippen LogP contribution in [0.2, 0.25) is 0 Å². The summed E-state index contributed by atoms with van der Waals surface area (Å²) >= 11 is 0. The van der Waals surface area contributed by atoms with Crippen LogP contribution >= 0.6 is 12.4 Å². The summed E-state index contributed by atoms with van der Waals surface area (Å²) in [5.74, 6) is 0.150. The van der Waals surface area contributed by atoms with Crippen molar-refractivity contribution in [2.24, 2.45) is 5.41 Å². The van der Waals surface area contributed by atoms with Crippen molar-refractivity contribution in [2.75, 3.05) is 26.7 Å². The minimum atomic E-state index is -0.0457. The Labute approximate surface area is 124 Å². The Morgan fingerprint density at radius 2 is 2.11 bits per heavy atom. The zero-order chi connectivity index (χ0) is 13.8. The maximum Gasteiger partial charge on any atom is 0.237 e. The standard InChI is InChI=1S/C14H29N3O.ClH/c1-11(2)17(5)10-9-16-13(18)12-14(3,4)7-6-8-15-12;/h11-12,15H,6-10H2,1-5H3,(H,16,18);1H. The third-order valence-corrected chi connectivity index (χ3v) is 4.04. The fourth-order valence-corrected chi connectivity index (χ4v) is 2.37. The van der Waals surface area contributed by atoms with Crippen molar-refractivity contribution in [2.45, 2.75) is 52.6 Å². The number of nitrogens with one attached hydrogen (secondary N) is 2. The lowest BCUT2D eigenvalue weighted by atomic mass is 9.77. The van der Waals surface area contributed by atoms with Crippen molar-refractivity contribution < 1.29 is 4.79 Å². The fourth-order valence-electron chi connectivity index (χ4n) is 2.37. The van der Waals surface area contributed by atoms with Gasteiger partial charge in [0.2, 0.25) is 5.91 Å². The first-order valence-electron chi connectivity index (χ1n) is 7.06. The van der Waals surface area contributed by atoms with E-state index in [1.54, 1.807) is 0 Å². The molecule has 19 heavy (non-hydrogen) atoms. The van der Waals surface area contributed by atoms with Crippen LogP contribution in [0.4, 0.5) is 0 Å². The molecule has 0 bridgehead atoms. The predicted octanol–water partition coefficient (Wildman–Crippen LogP) is 1.64. The topological polar surface area (TPSA) is 44.4 Å². The van der Waals surface area contributed by atoms with Crippen molar-refractivity contribution in [3.8, 4) is 0 Å². The van der Waals surface area contributed by atoms with E-state index < -0.39 is 0 Å². The minimum Gasteiger partial charge on any atom is -0.353 e. The number of nitrogens with zero attached hydrogens (tertiary/aromatic N) is 1. The van der Waals surface area contributed by atoms with Crippen LogP contribution < -0.4 is 10.6 Å². The molecule has 1 amide bonds. The molecule has 0 saturated carbocycles. The zero-order valence-corrected chi connectivity index (χ0v) is 13.8. The Hall–Kier alpha value is -0.320. The molecule has 0 aromatic heterocycles. The van der Waals surface area contributed by atoms with Crippen molar-refractivity contribution in [1.29, 1.82) is 0 Å². The van der Waals surface area contributed by atoms with E-state index in [0.717, 1.165) is 32.5 Å². The highest BCUT2D eigenvalue weighted by Gasteiger charge is 2.36. The molecular weight excluding hydrogens is 262 g/mol. The van der Waals surface area contributed by atoms with Crippen molar-refractivity contribution >= 4 is 18.3 Å². The number of carbonyl (C=O) groups excluding carboxylic acids is 1. The number of likely N-dealkylation sites (N-methyl/N-ethyl adjacent to an activating group) is 1. The summed E-state index contributed by atoms with van der Waals surface area (Å²) in [5, 5.41) is 6.40. The molecule has 1 atom stereocenters. The highest BCUT2D eigenvalue weighted by Crippen LogP contribution is 2.29. The van der Waals surface area contributed by atoms with Crippen molar-refractivity contribution in [3.05, 3.63) is 0 Å². The highest BCUT2D eigenvalue weighted by atomic mass is 35.5. The average Bonchev–Trinajstić information content (AvgIpc) is 2.27. The molecule has 4 nitrogen and oxygen atoms in total. The molecular formula is C14H30ClN3O. The first-order valence-corrected chi connectivity index (χ1v) is 7.06. The summed E-state index contributed by atoms with van der Waals surface area (Å²) < 4.78 is 0. The lowest BCUT2D eigenvalue weighted by molar-refractivity contribution is -0.126. The Morgan fingerprint density at radius 3 is 2.63 bits per heavy atom. The van der Waals surface area contributed by atoms with Gasteiger partial charge in [-0.2, -0.15) is 0 Å². The maximum absolute atomic E-state index is 12.2. The predicted molar refractivity (Wildman–Crippen MR) is 82.8 cm³/mol. The van der Waals surface area contributed by atoms with E-state index in [-0.39, 0.29) is 29.8 Å². The second-order valence-corrected chi connectivity index (χ2v) is 6.34. The summed E-state index contributed by atoms with van der Waals surface area (Å²) in [6, 6.07) is 0.474. The molecule has 0 aliphatic carbocycles. The van der Waals surface area contributed by atoms with E-state index >= 15 is 0 Å². The molecule has 0 radical (unpaired) electrons. The molecule has 1 aliphatic rings. The third-order valence-electron chi connectivity index (χ3n) is 4.04. The van der Waals surface area contributed by atoms with Gasteiger partial charge in [-0.3, -0.25) is 4.79 Å². The van der Waals surface area contributed by atoms with E-state index in [4.69, 9.17) is 0 Å². The SMILES string of the molecule is CC(C)N(C)CCNC(=O)C1NCCCC1(C)C.Cl. The molecule has 1 heterocycles. The van der Waals surface area contributed by atoms with E-state index in [2.05, 4.69) is 50.3 Å². The van der Waals surface area contributed by atoms with Gasteiger partial charge >= 0.3 is 0 Å². The molecule has 114 valence electrons. The van der Waals surface area contributed by atoms with Gasteiger partial charge in [-0.05, 0) is 45.7 Å². The largest absolute Gasteiger partial charge is 0.353 e. The smallest absolute Gasteiger partial charge is 0.237 e. The third kappa shape index (κ3) is 5.67. The van der Waals surface area contributed by atoms with Gasteiger partial charge in [0.1, 0.15) is 0 Å². The van der Waals surface area contributed by atoms with Gasteiger partial charge < -0.3 is 15.5 Å². The fraction of sp³-hybridized carbons (Fsp3) is 0.929. The van der Waals surface area contributed by atoms with Crippen LogP contribution in [0.3, 0.4) is 0 Å². The molecule has 1 unspecified atom stereocenters. The summed E-state index contributed by atoms with van der Waals surface area (Å²) in [7, 11) is 2.08. The second-order valence-electron chi connectivity index (χ2n) is 6.34. The first kappa shape index (κ1) is 18.7. The summed E-state index contributed by atoms with van der Waals surface area (Å²) in [6.07, 6.45) is 2.27. The summed E-state index contributed by atoms with van der Waals surface area (Å²) in [5.41, 5.74) is 0.0618. The van der Waals surface area contributed by atoms with Gasteiger partial charge in [-0.1, -0.05) is 13.8 Å². The molecule has 5 heteroatoms. The van der Waals surface area contributed by atoms with E-state index in [1.807, 2.05) is 0 Å². The van der Waals surface area contributed by atoms with Crippen molar-refractivity contribution in [3.63, 3.8) is 0 Å². The number of halogens is 1. The van der Waals surface area contributed by atoms with Gasteiger partial charge in [-0.15, -0.1) is 12.4 Å². The van der Waals surface area contributed by atoms with Crippen LogP contribution in [0.1, 0.15) is 40.5 Å². The quantitative estimate of drug-likeness (QED) is 0.809. The number of rotatable bonds is 5. The number of amides is 1. The Kier molecular flexibility index (Phi) is 7.94. The van der Waals surface area contributed by atoms with E-state index in [1.165, 1.54) is 0 Å². The number of carbonyl (C=O) groups is 1. The van der Waals surface area contributed by atoms with Crippen LogP contribution in [-0.4, -0.2) is 49.6 Å². The van der Waals surface area contributed by atoms with Gasteiger partial charge in [0.15, 0.2) is 0 Å². The first-order chi connectivity index (χ1) is 8.34.